The van der Waals surface area contributed by atoms with E-state index in [9.17, 15) is 4.79 Å². The number of aromatic nitrogens is 1. The fourth-order valence-corrected chi connectivity index (χ4v) is 2.20. The molecule has 0 aliphatic carbocycles. The van der Waals surface area contributed by atoms with Gasteiger partial charge in [-0.25, -0.2) is 0 Å². The van der Waals surface area contributed by atoms with E-state index in [2.05, 4.69) is 10.3 Å². The average Bonchev–Trinajstić information content (AvgIpc) is 2.63. The summed E-state index contributed by atoms with van der Waals surface area (Å²) in [5.74, 6) is -1.15. The fourth-order valence-electron chi connectivity index (χ4n) is 2.20. The second-order valence-corrected chi connectivity index (χ2v) is 4.02. The molecule has 1 aromatic heterocycles. The Morgan fingerprint density at radius 2 is 2.47 bits per heavy atom. The monoisotopic (exact) mass is 206 g/mol. The van der Waals surface area contributed by atoms with Crippen LogP contribution in [0.3, 0.4) is 0 Å². The van der Waals surface area contributed by atoms with Crippen molar-refractivity contribution in [2.45, 2.75) is 18.9 Å². The molecular formula is C11H14N2O2. The predicted octanol–water partition coefficient (Wildman–Crippen LogP) is 0.991. The number of nitrogens with zero attached hydrogens (tertiary/aromatic N) is 1. The van der Waals surface area contributed by atoms with Crippen LogP contribution < -0.4 is 5.32 Å². The highest BCUT2D eigenvalue weighted by atomic mass is 16.4. The Morgan fingerprint density at radius 1 is 1.67 bits per heavy atom. The standard InChI is InChI=1S/C11H14N2O2/c1-11(9-4-2-3-6-12-9)8(10(14)15)5-7-13-11/h2-4,6,8,13H,5,7H2,1H3,(H,14,15). The molecule has 1 fully saturated rings. The van der Waals surface area contributed by atoms with E-state index in [-0.39, 0.29) is 0 Å². The van der Waals surface area contributed by atoms with E-state index in [1.807, 2.05) is 25.1 Å². The van der Waals surface area contributed by atoms with Gasteiger partial charge in [0.2, 0.25) is 0 Å². The molecule has 2 rings (SSSR count). The molecule has 4 heteroatoms. The number of rotatable bonds is 2. The number of pyridine rings is 1. The Balaban J connectivity index is 2.37. The van der Waals surface area contributed by atoms with Gasteiger partial charge in [-0.15, -0.1) is 0 Å². The minimum absolute atomic E-state index is 0.396. The molecule has 4 nitrogen and oxygen atoms in total. The lowest BCUT2D eigenvalue weighted by Crippen LogP contribution is -2.42. The first-order valence-electron chi connectivity index (χ1n) is 5.04. The number of hydrogen-bond acceptors (Lipinski definition) is 3. The molecule has 2 atom stereocenters. The zero-order valence-corrected chi connectivity index (χ0v) is 8.60. The molecule has 1 aromatic rings. The molecule has 2 unspecified atom stereocenters. The SMILES string of the molecule is CC1(c2ccccn2)NCCC1C(=O)O. The second-order valence-electron chi connectivity index (χ2n) is 4.02. The molecule has 0 aromatic carbocycles. The number of hydrogen-bond donors (Lipinski definition) is 2. The molecule has 1 aliphatic heterocycles. The normalized spacial score (nSPS) is 30.3. The Hall–Kier alpha value is -1.42. The zero-order chi connectivity index (χ0) is 10.9. The maximum absolute atomic E-state index is 11.1. The van der Waals surface area contributed by atoms with Crippen molar-refractivity contribution >= 4 is 5.97 Å². The van der Waals surface area contributed by atoms with Crippen molar-refractivity contribution < 1.29 is 9.90 Å². The molecule has 0 radical (unpaired) electrons. The summed E-state index contributed by atoms with van der Waals surface area (Å²) >= 11 is 0. The summed E-state index contributed by atoms with van der Waals surface area (Å²) in [6.45, 7) is 2.63. The summed E-state index contributed by atoms with van der Waals surface area (Å²) in [6, 6.07) is 5.58. The maximum atomic E-state index is 11.1. The second kappa shape index (κ2) is 3.62. The highest BCUT2D eigenvalue weighted by Crippen LogP contribution is 2.34. The lowest BCUT2D eigenvalue weighted by molar-refractivity contribution is -0.143. The van der Waals surface area contributed by atoms with Crippen molar-refractivity contribution in [3.63, 3.8) is 0 Å². The van der Waals surface area contributed by atoms with E-state index in [0.29, 0.717) is 6.42 Å². The first-order chi connectivity index (χ1) is 7.14. The van der Waals surface area contributed by atoms with Gasteiger partial charge in [-0.2, -0.15) is 0 Å². The minimum Gasteiger partial charge on any atom is -0.481 e. The molecule has 0 amide bonds. The van der Waals surface area contributed by atoms with Crippen molar-refractivity contribution in [2.24, 2.45) is 5.92 Å². The Morgan fingerprint density at radius 3 is 3.07 bits per heavy atom. The Labute approximate surface area is 88.3 Å². The van der Waals surface area contributed by atoms with Crippen LogP contribution in [0.4, 0.5) is 0 Å². The predicted molar refractivity (Wildman–Crippen MR) is 55.3 cm³/mol. The summed E-state index contributed by atoms with van der Waals surface area (Å²) in [6.07, 6.45) is 2.35. The highest BCUT2D eigenvalue weighted by molar-refractivity contribution is 5.72. The van der Waals surface area contributed by atoms with Gasteiger partial charge in [0.1, 0.15) is 0 Å². The number of nitrogens with one attached hydrogen (secondary N) is 1. The summed E-state index contributed by atoms with van der Waals surface area (Å²) < 4.78 is 0. The van der Waals surface area contributed by atoms with E-state index in [4.69, 9.17) is 5.11 Å². The van der Waals surface area contributed by atoms with Crippen molar-refractivity contribution in [3.8, 4) is 0 Å². The summed E-state index contributed by atoms with van der Waals surface area (Å²) in [5, 5.41) is 12.4. The third-order valence-electron chi connectivity index (χ3n) is 3.12. The third-order valence-corrected chi connectivity index (χ3v) is 3.12. The van der Waals surface area contributed by atoms with Gasteiger partial charge in [0.25, 0.3) is 0 Å². The van der Waals surface area contributed by atoms with Gasteiger partial charge in [0, 0.05) is 6.20 Å². The van der Waals surface area contributed by atoms with Crippen molar-refractivity contribution in [2.75, 3.05) is 6.54 Å². The largest absolute Gasteiger partial charge is 0.481 e. The zero-order valence-electron chi connectivity index (χ0n) is 8.60. The summed E-state index contributed by atoms with van der Waals surface area (Å²) in [7, 11) is 0. The van der Waals surface area contributed by atoms with Gasteiger partial charge >= 0.3 is 5.97 Å². The number of carboxylic acid groups (broad SMARTS) is 1. The maximum Gasteiger partial charge on any atom is 0.308 e. The van der Waals surface area contributed by atoms with Gasteiger partial charge in [-0.3, -0.25) is 9.78 Å². The molecule has 0 bridgehead atoms. The molecule has 2 N–H and O–H groups in total. The van der Waals surface area contributed by atoms with Crippen LogP contribution in [-0.4, -0.2) is 22.6 Å². The fraction of sp³-hybridized carbons (Fsp3) is 0.455. The van der Waals surface area contributed by atoms with E-state index >= 15 is 0 Å². The summed E-state index contributed by atoms with van der Waals surface area (Å²) in [5.41, 5.74) is 0.266. The van der Waals surface area contributed by atoms with Gasteiger partial charge in [-0.1, -0.05) is 6.07 Å². The molecule has 0 spiro atoms. The van der Waals surface area contributed by atoms with Crippen LogP contribution in [0.15, 0.2) is 24.4 Å². The topological polar surface area (TPSA) is 62.2 Å². The highest BCUT2D eigenvalue weighted by Gasteiger charge is 2.45. The minimum atomic E-state index is -0.756. The van der Waals surface area contributed by atoms with E-state index in [1.165, 1.54) is 0 Å². The average molecular weight is 206 g/mol. The van der Waals surface area contributed by atoms with Crippen LogP contribution in [0.2, 0.25) is 0 Å². The molecule has 1 aliphatic rings. The van der Waals surface area contributed by atoms with Crippen molar-refractivity contribution in [3.05, 3.63) is 30.1 Å². The molecular weight excluding hydrogens is 192 g/mol. The number of carboxylic acids is 1. The third kappa shape index (κ3) is 1.61. The first-order valence-corrected chi connectivity index (χ1v) is 5.04. The molecule has 0 saturated carbocycles. The molecule has 15 heavy (non-hydrogen) atoms. The van der Waals surface area contributed by atoms with Gasteiger partial charge in [-0.05, 0) is 32.0 Å². The van der Waals surface area contributed by atoms with Gasteiger partial charge < -0.3 is 10.4 Å². The quantitative estimate of drug-likeness (QED) is 0.757. The van der Waals surface area contributed by atoms with Crippen LogP contribution in [0.25, 0.3) is 0 Å². The van der Waals surface area contributed by atoms with Crippen LogP contribution >= 0.6 is 0 Å². The first kappa shape index (κ1) is 10.1. The Kier molecular flexibility index (Phi) is 2.44. The molecule has 80 valence electrons. The van der Waals surface area contributed by atoms with Gasteiger partial charge in [0.05, 0.1) is 17.2 Å². The lowest BCUT2D eigenvalue weighted by Gasteiger charge is -2.28. The Bertz CT molecular complexity index is 366. The number of aliphatic carboxylic acids is 1. The van der Waals surface area contributed by atoms with Crippen LogP contribution in [0.1, 0.15) is 19.0 Å². The smallest absolute Gasteiger partial charge is 0.308 e. The summed E-state index contributed by atoms with van der Waals surface area (Å²) in [4.78, 5) is 15.4. The van der Waals surface area contributed by atoms with E-state index in [0.717, 1.165) is 12.2 Å². The van der Waals surface area contributed by atoms with E-state index < -0.39 is 17.4 Å². The van der Waals surface area contributed by atoms with Crippen molar-refractivity contribution in [1.82, 2.24) is 10.3 Å². The molecule has 2 heterocycles. The van der Waals surface area contributed by atoms with E-state index in [1.54, 1.807) is 6.20 Å². The van der Waals surface area contributed by atoms with Gasteiger partial charge in [0.15, 0.2) is 0 Å². The molecule has 1 saturated heterocycles. The van der Waals surface area contributed by atoms with Crippen molar-refractivity contribution in [1.29, 1.82) is 0 Å². The number of carbonyl (C=O) groups is 1. The van der Waals surface area contributed by atoms with Crippen LogP contribution in [-0.2, 0) is 10.3 Å². The lowest BCUT2D eigenvalue weighted by atomic mass is 9.84. The van der Waals surface area contributed by atoms with Crippen LogP contribution in [0.5, 0.6) is 0 Å². The van der Waals surface area contributed by atoms with Crippen LogP contribution in [0, 0.1) is 5.92 Å².